The van der Waals surface area contributed by atoms with Crippen molar-refractivity contribution >= 4 is 16.0 Å². The van der Waals surface area contributed by atoms with Crippen LogP contribution in [0.5, 0.6) is 0 Å². The largest absolute Gasteiger partial charge is 0.481 e. The van der Waals surface area contributed by atoms with Crippen LogP contribution in [0.1, 0.15) is 12.8 Å². The van der Waals surface area contributed by atoms with Crippen molar-refractivity contribution in [1.82, 2.24) is 9.62 Å². The van der Waals surface area contributed by atoms with Gasteiger partial charge >= 0.3 is 12.1 Å². The van der Waals surface area contributed by atoms with Gasteiger partial charge in [-0.25, -0.2) is 12.7 Å². The first-order valence-electron chi connectivity index (χ1n) is 6.00. The highest BCUT2D eigenvalue weighted by Gasteiger charge is 2.45. The lowest BCUT2D eigenvalue weighted by Gasteiger charge is -2.31. The fourth-order valence-corrected chi connectivity index (χ4v) is 2.89. The summed E-state index contributed by atoms with van der Waals surface area (Å²) in [5.41, 5.74) is 0. The van der Waals surface area contributed by atoms with Gasteiger partial charge in [-0.05, 0) is 12.8 Å². The lowest BCUT2D eigenvalue weighted by Crippen LogP contribution is -2.48. The Balaban J connectivity index is 2.47. The highest BCUT2D eigenvalue weighted by atomic mass is 32.2. The van der Waals surface area contributed by atoms with Crippen molar-refractivity contribution in [3.05, 3.63) is 0 Å². The van der Waals surface area contributed by atoms with Gasteiger partial charge in [0.1, 0.15) is 0 Å². The lowest BCUT2D eigenvalue weighted by molar-refractivity contribution is -0.192. The second kappa shape index (κ2) is 6.27. The molecular weight excluding hydrogens is 301 g/mol. The Kier molecular flexibility index (Phi) is 5.39. The molecule has 0 bridgehead atoms. The Morgan fingerprint density at radius 3 is 2.25 bits per heavy atom. The summed E-state index contributed by atoms with van der Waals surface area (Å²) in [6, 6.07) is -0.308. The summed E-state index contributed by atoms with van der Waals surface area (Å²) in [6.45, 7) is -0.261. The number of hydrogen-bond donors (Lipinski definition) is 2. The molecule has 1 aliphatic heterocycles. The van der Waals surface area contributed by atoms with Gasteiger partial charge in [-0.2, -0.15) is 13.2 Å². The van der Waals surface area contributed by atoms with E-state index in [1.807, 2.05) is 0 Å². The predicted molar refractivity (Wildman–Crippen MR) is 64.6 cm³/mol. The van der Waals surface area contributed by atoms with E-state index < -0.39 is 34.6 Å². The van der Waals surface area contributed by atoms with E-state index in [0.717, 1.165) is 6.26 Å². The maximum Gasteiger partial charge on any atom is 0.403 e. The molecule has 2 N–H and O–H groups in total. The van der Waals surface area contributed by atoms with Gasteiger partial charge in [-0.15, -0.1) is 0 Å². The highest BCUT2D eigenvalue weighted by Crippen LogP contribution is 2.26. The average molecular weight is 318 g/mol. The Labute approximate surface area is 115 Å². The number of hydrogen-bond acceptors (Lipinski definition) is 4. The molecule has 0 radical (unpaired) electrons. The SMILES string of the molecule is CS(=O)(=O)N1CCC(NCC(C(=O)O)C(F)(F)F)CC1. The number of sulfonamides is 1. The number of aliphatic carboxylic acids is 1. The average Bonchev–Trinajstić information content (AvgIpc) is 2.26. The quantitative estimate of drug-likeness (QED) is 0.759. The van der Waals surface area contributed by atoms with Gasteiger partial charge in [0.05, 0.1) is 6.26 Å². The topological polar surface area (TPSA) is 86.7 Å². The maximum atomic E-state index is 12.4. The molecule has 6 nitrogen and oxygen atoms in total. The van der Waals surface area contributed by atoms with E-state index in [0.29, 0.717) is 12.8 Å². The van der Waals surface area contributed by atoms with Crippen LogP contribution in [0, 0.1) is 5.92 Å². The number of piperidine rings is 1. The molecule has 0 aromatic carbocycles. The zero-order chi connectivity index (χ0) is 15.6. The van der Waals surface area contributed by atoms with Crippen LogP contribution in [0.4, 0.5) is 13.2 Å². The number of carboxylic acids is 1. The van der Waals surface area contributed by atoms with Gasteiger partial charge in [0, 0.05) is 25.7 Å². The molecule has 0 aromatic rings. The number of nitrogens with zero attached hydrogens (tertiary/aromatic N) is 1. The minimum Gasteiger partial charge on any atom is -0.481 e. The Bertz CT molecular complexity index is 444. The summed E-state index contributed by atoms with van der Waals surface area (Å²) < 4.78 is 61.1. The van der Waals surface area contributed by atoms with Crippen LogP contribution in [0.25, 0.3) is 0 Å². The smallest absolute Gasteiger partial charge is 0.403 e. The second-order valence-corrected chi connectivity index (χ2v) is 6.76. The molecule has 10 heteroatoms. The van der Waals surface area contributed by atoms with Gasteiger partial charge in [-0.3, -0.25) is 4.79 Å². The number of nitrogens with one attached hydrogen (secondary N) is 1. The van der Waals surface area contributed by atoms with Crippen molar-refractivity contribution in [2.24, 2.45) is 5.92 Å². The molecule has 20 heavy (non-hydrogen) atoms. The number of carboxylic acid groups (broad SMARTS) is 1. The zero-order valence-electron chi connectivity index (χ0n) is 10.9. The van der Waals surface area contributed by atoms with Crippen LogP contribution >= 0.6 is 0 Å². The van der Waals surface area contributed by atoms with E-state index in [4.69, 9.17) is 5.11 Å². The maximum absolute atomic E-state index is 12.4. The zero-order valence-corrected chi connectivity index (χ0v) is 11.7. The van der Waals surface area contributed by atoms with E-state index in [9.17, 15) is 26.4 Å². The van der Waals surface area contributed by atoms with E-state index >= 15 is 0 Å². The summed E-state index contributed by atoms with van der Waals surface area (Å²) in [4.78, 5) is 10.6. The molecule has 0 amide bonds. The summed E-state index contributed by atoms with van der Waals surface area (Å²) in [5, 5.41) is 11.1. The third-order valence-electron chi connectivity index (χ3n) is 3.23. The second-order valence-electron chi connectivity index (χ2n) is 4.78. The monoisotopic (exact) mass is 318 g/mol. The van der Waals surface area contributed by atoms with Crippen LogP contribution < -0.4 is 5.32 Å². The van der Waals surface area contributed by atoms with E-state index in [1.165, 1.54) is 4.31 Å². The third kappa shape index (κ3) is 4.91. The van der Waals surface area contributed by atoms with Crippen LogP contribution in [0.3, 0.4) is 0 Å². The standard InChI is InChI=1S/C10H17F3N2O4S/c1-20(18,19)15-4-2-7(3-5-15)14-6-8(9(16)17)10(11,12)13/h7-8,14H,2-6H2,1H3,(H,16,17). The van der Waals surface area contributed by atoms with Crippen molar-refractivity contribution in [1.29, 1.82) is 0 Å². The highest BCUT2D eigenvalue weighted by molar-refractivity contribution is 7.88. The number of alkyl halides is 3. The van der Waals surface area contributed by atoms with Gasteiger partial charge < -0.3 is 10.4 Å². The first kappa shape index (κ1) is 17.2. The molecule has 1 aliphatic rings. The minimum absolute atomic E-state index is 0.222. The Morgan fingerprint density at radius 1 is 1.40 bits per heavy atom. The van der Waals surface area contributed by atoms with Crippen LogP contribution in [0.2, 0.25) is 0 Å². The normalized spacial score (nSPS) is 20.8. The van der Waals surface area contributed by atoms with Crippen molar-refractivity contribution < 1.29 is 31.5 Å². The van der Waals surface area contributed by atoms with Crippen molar-refractivity contribution in [3.63, 3.8) is 0 Å². The summed E-state index contributed by atoms with van der Waals surface area (Å²) >= 11 is 0. The minimum atomic E-state index is -4.80. The van der Waals surface area contributed by atoms with Crippen LogP contribution in [-0.2, 0) is 14.8 Å². The van der Waals surface area contributed by atoms with Gasteiger partial charge in [-0.1, -0.05) is 0 Å². The first-order valence-corrected chi connectivity index (χ1v) is 7.84. The summed E-state index contributed by atoms with van der Waals surface area (Å²) in [5.74, 6) is -4.37. The fourth-order valence-electron chi connectivity index (χ4n) is 2.02. The lowest BCUT2D eigenvalue weighted by atomic mass is 10.0. The van der Waals surface area contributed by atoms with Crippen molar-refractivity contribution in [3.8, 4) is 0 Å². The van der Waals surface area contributed by atoms with E-state index in [1.54, 1.807) is 0 Å². The molecule has 1 unspecified atom stereocenters. The fraction of sp³-hybridized carbons (Fsp3) is 0.900. The van der Waals surface area contributed by atoms with E-state index in [2.05, 4.69) is 5.32 Å². The van der Waals surface area contributed by atoms with Gasteiger partial charge in [0.2, 0.25) is 10.0 Å². The Morgan fingerprint density at radius 2 is 1.90 bits per heavy atom. The molecular formula is C10H17F3N2O4S. The third-order valence-corrected chi connectivity index (χ3v) is 4.53. The number of carbonyl (C=O) groups is 1. The molecule has 0 spiro atoms. The van der Waals surface area contributed by atoms with E-state index in [-0.39, 0.29) is 19.1 Å². The van der Waals surface area contributed by atoms with Gasteiger partial charge in [0.15, 0.2) is 5.92 Å². The summed E-state index contributed by atoms with van der Waals surface area (Å²) in [6.07, 6.45) is -3.01. The molecule has 1 fully saturated rings. The Hall–Kier alpha value is -0.870. The molecule has 118 valence electrons. The molecule has 1 rings (SSSR count). The predicted octanol–water partition coefficient (Wildman–Crippen LogP) is 0.263. The molecule has 1 saturated heterocycles. The van der Waals surface area contributed by atoms with Crippen molar-refractivity contribution in [2.45, 2.75) is 25.1 Å². The first-order chi connectivity index (χ1) is 9.01. The number of rotatable bonds is 5. The molecule has 1 heterocycles. The summed E-state index contributed by atoms with van der Waals surface area (Å²) in [7, 11) is -3.29. The molecule has 0 saturated carbocycles. The van der Waals surface area contributed by atoms with Crippen LogP contribution in [-0.4, -0.2) is 61.9 Å². The molecule has 0 aromatic heterocycles. The molecule has 0 aliphatic carbocycles. The van der Waals surface area contributed by atoms with Crippen LogP contribution in [0.15, 0.2) is 0 Å². The van der Waals surface area contributed by atoms with Gasteiger partial charge in [0.25, 0.3) is 0 Å². The molecule has 1 atom stereocenters. The van der Waals surface area contributed by atoms with Crippen molar-refractivity contribution in [2.75, 3.05) is 25.9 Å². The number of halogens is 3.